The fourth-order valence-corrected chi connectivity index (χ4v) is 3.69. The van der Waals surface area contributed by atoms with Gasteiger partial charge in [-0.15, -0.1) is 0 Å². The molecule has 0 unspecified atom stereocenters. The molecule has 140 valence electrons. The van der Waals surface area contributed by atoms with E-state index in [1.54, 1.807) is 10.9 Å². The molecule has 7 nitrogen and oxygen atoms in total. The molecule has 0 aliphatic carbocycles. The van der Waals surface area contributed by atoms with Crippen molar-refractivity contribution in [3.8, 4) is 0 Å². The van der Waals surface area contributed by atoms with Gasteiger partial charge in [0.25, 0.3) is 0 Å². The predicted octanol–water partition coefficient (Wildman–Crippen LogP) is 2.32. The highest BCUT2D eigenvalue weighted by atomic mass is 16.2. The van der Waals surface area contributed by atoms with Gasteiger partial charge in [0.05, 0.1) is 0 Å². The second-order valence-corrected chi connectivity index (χ2v) is 6.94. The van der Waals surface area contributed by atoms with Gasteiger partial charge in [-0.05, 0) is 36.6 Å². The monoisotopic (exact) mass is 364 g/mol. The summed E-state index contributed by atoms with van der Waals surface area (Å²) in [5, 5.41) is 4.15. The largest absolute Gasteiger partial charge is 0.343 e. The van der Waals surface area contributed by atoms with Crippen LogP contribution in [0, 0.1) is 0 Å². The van der Waals surface area contributed by atoms with Crippen molar-refractivity contribution in [1.82, 2.24) is 29.2 Å². The number of carbonyl (C=O) groups excluding carboxylic acids is 1. The van der Waals surface area contributed by atoms with Gasteiger partial charge in [-0.2, -0.15) is 5.10 Å². The molecule has 1 aliphatic rings. The number of rotatable bonds is 6. The number of carbonyl (C=O) groups is 1. The summed E-state index contributed by atoms with van der Waals surface area (Å²) in [7, 11) is 0. The number of aromatic nitrogens is 5. The number of likely N-dealkylation sites (tertiary alicyclic amines) is 1. The molecule has 0 spiro atoms. The van der Waals surface area contributed by atoms with Crippen molar-refractivity contribution in [2.45, 2.75) is 38.3 Å². The standard InChI is InChI=1S/C20H24N6O/c27-19(6-14-26-11-1-7-23-26)24-12-4-18(5-13-24)20-22-10-15-25(20)16-17-2-8-21-9-3-17/h1-3,7-11,15,18H,4-6,12-14,16H2. The van der Waals surface area contributed by atoms with E-state index >= 15 is 0 Å². The summed E-state index contributed by atoms with van der Waals surface area (Å²) in [5.74, 6) is 1.73. The second kappa shape index (κ2) is 8.16. The lowest BCUT2D eigenvalue weighted by Crippen LogP contribution is -2.38. The molecular weight excluding hydrogens is 340 g/mol. The Morgan fingerprint density at radius 1 is 1.07 bits per heavy atom. The number of imidazole rings is 1. The number of hydrogen-bond acceptors (Lipinski definition) is 4. The number of aryl methyl sites for hydroxylation is 1. The number of piperidine rings is 1. The number of nitrogens with zero attached hydrogens (tertiary/aromatic N) is 6. The highest BCUT2D eigenvalue weighted by molar-refractivity contribution is 5.76. The van der Waals surface area contributed by atoms with Crippen LogP contribution >= 0.6 is 0 Å². The Kier molecular flexibility index (Phi) is 5.27. The van der Waals surface area contributed by atoms with Crippen molar-refractivity contribution in [3.63, 3.8) is 0 Å². The van der Waals surface area contributed by atoms with Crippen molar-refractivity contribution in [3.05, 3.63) is 66.8 Å². The number of amides is 1. The molecule has 0 N–H and O–H groups in total. The zero-order valence-electron chi connectivity index (χ0n) is 15.3. The normalized spacial score (nSPS) is 15.2. The maximum atomic E-state index is 12.5. The molecule has 0 bridgehead atoms. The van der Waals surface area contributed by atoms with Crippen LogP contribution in [-0.2, 0) is 17.9 Å². The first-order chi connectivity index (χ1) is 13.3. The van der Waals surface area contributed by atoms with E-state index in [0.717, 1.165) is 38.3 Å². The van der Waals surface area contributed by atoms with Gasteiger partial charge in [0, 0.05) is 75.7 Å². The summed E-state index contributed by atoms with van der Waals surface area (Å²) < 4.78 is 4.02. The summed E-state index contributed by atoms with van der Waals surface area (Å²) in [6.45, 7) is 3.04. The molecule has 0 radical (unpaired) electrons. The van der Waals surface area contributed by atoms with Gasteiger partial charge in [0.2, 0.25) is 5.91 Å². The molecule has 1 fully saturated rings. The summed E-state index contributed by atoms with van der Waals surface area (Å²) in [6, 6.07) is 5.94. The molecule has 7 heteroatoms. The molecule has 0 atom stereocenters. The lowest BCUT2D eigenvalue weighted by molar-refractivity contribution is -0.132. The fraction of sp³-hybridized carbons (Fsp3) is 0.400. The molecule has 4 heterocycles. The highest BCUT2D eigenvalue weighted by Gasteiger charge is 2.26. The maximum absolute atomic E-state index is 12.5. The molecule has 1 amide bonds. The highest BCUT2D eigenvalue weighted by Crippen LogP contribution is 2.27. The molecule has 3 aromatic rings. The van der Waals surface area contributed by atoms with Crippen molar-refractivity contribution in [1.29, 1.82) is 0 Å². The van der Waals surface area contributed by atoms with Crippen LogP contribution in [0.15, 0.2) is 55.4 Å². The zero-order valence-corrected chi connectivity index (χ0v) is 15.3. The van der Waals surface area contributed by atoms with Gasteiger partial charge >= 0.3 is 0 Å². The minimum absolute atomic E-state index is 0.212. The Balaban J connectivity index is 1.32. The van der Waals surface area contributed by atoms with Gasteiger partial charge < -0.3 is 9.47 Å². The van der Waals surface area contributed by atoms with Crippen molar-refractivity contribution < 1.29 is 4.79 Å². The van der Waals surface area contributed by atoms with Crippen molar-refractivity contribution in [2.24, 2.45) is 0 Å². The van der Waals surface area contributed by atoms with Crippen LogP contribution < -0.4 is 0 Å². The minimum Gasteiger partial charge on any atom is -0.343 e. The minimum atomic E-state index is 0.212. The van der Waals surface area contributed by atoms with E-state index in [4.69, 9.17) is 0 Å². The Hall–Kier alpha value is -2.96. The molecule has 3 aromatic heterocycles. The first kappa shape index (κ1) is 17.5. The molecule has 0 aromatic carbocycles. The number of pyridine rings is 1. The Labute approximate surface area is 158 Å². The summed E-state index contributed by atoms with van der Waals surface area (Å²) in [6.07, 6.45) is 13.6. The molecular formula is C20H24N6O. The van der Waals surface area contributed by atoms with Crippen molar-refractivity contribution in [2.75, 3.05) is 13.1 Å². The van der Waals surface area contributed by atoms with Crippen LogP contribution in [0.5, 0.6) is 0 Å². The second-order valence-electron chi connectivity index (χ2n) is 6.94. The summed E-state index contributed by atoms with van der Waals surface area (Å²) in [4.78, 5) is 23.1. The average molecular weight is 364 g/mol. The van der Waals surface area contributed by atoms with Crippen LogP contribution in [0.2, 0.25) is 0 Å². The van der Waals surface area contributed by atoms with Crippen LogP contribution in [0.1, 0.15) is 36.6 Å². The third-order valence-electron chi connectivity index (χ3n) is 5.18. The molecule has 0 saturated carbocycles. The van der Waals surface area contributed by atoms with Crippen LogP contribution in [0.3, 0.4) is 0 Å². The van der Waals surface area contributed by atoms with E-state index in [-0.39, 0.29) is 5.91 Å². The SMILES string of the molecule is O=C(CCn1cccn1)N1CCC(c2nccn2Cc2ccncc2)CC1. The van der Waals surface area contributed by atoms with Crippen LogP contribution in [-0.4, -0.2) is 48.2 Å². The lowest BCUT2D eigenvalue weighted by atomic mass is 9.95. The Morgan fingerprint density at radius 2 is 1.89 bits per heavy atom. The van der Waals surface area contributed by atoms with E-state index in [9.17, 15) is 4.79 Å². The van der Waals surface area contributed by atoms with Crippen molar-refractivity contribution >= 4 is 5.91 Å². The quantitative estimate of drug-likeness (QED) is 0.673. The topological polar surface area (TPSA) is 68.8 Å². The van der Waals surface area contributed by atoms with E-state index in [1.165, 1.54) is 5.56 Å². The lowest BCUT2D eigenvalue weighted by Gasteiger charge is -2.32. The van der Waals surface area contributed by atoms with Gasteiger partial charge in [-0.25, -0.2) is 4.98 Å². The average Bonchev–Trinajstić information content (AvgIpc) is 3.39. The van der Waals surface area contributed by atoms with Gasteiger partial charge in [0.1, 0.15) is 5.82 Å². The van der Waals surface area contributed by atoms with E-state index < -0.39 is 0 Å². The van der Waals surface area contributed by atoms with Gasteiger partial charge in [-0.3, -0.25) is 14.5 Å². The third kappa shape index (κ3) is 4.24. The van der Waals surface area contributed by atoms with Gasteiger partial charge in [0.15, 0.2) is 0 Å². The van der Waals surface area contributed by atoms with Crippen LogP contribution in [0.25, 0.3) is 0 Å². The maximum Gasteiger partial charge on any atom is 0.224 e. The Morgan fingerprint density at radius 3 is 2.63 bits per heavy atom. The van der Waals surface area contributed by atoms with E-state index in [2.05, 4.69) is 19.6 Å². The first-order valence-electron chi connectivity index (χ1n) is 9.45. The molecule has 27 heavy (non-hydrogen) atoms. The van der Waals surface area contributed by atoms with E-state index in [1.807, 2.05) is 54.1 Å². The molecule has 1 saturated heterocycles. The summed E-state index contributed by atoms with van der Waals surface area (Å²) >= 11 is 0. The smallest absolute Gasteiger partial charge is 0.224 e. The van der Waals surface area contributed by atoms with Crippen LogP contribution in [0.4, 0.5) is 0 Å². The van der Waals surface area contributed by atoms with E-state index in [0.29, 0.717) is 18.9 Å². The first-order valence-corrected chi connectivity index (χ1v) is 9.45. The zero-order chi connectivity index (χ0) is 18.5. The molecule has 1 aliphatic heterocycles. The Bertz CT molecular complexity index is 850. The predicted molar refractivity (Wildman–Crippen MR) is 101 cm³/mol. The third-order valence-corrected chi connectivity index (χ3v) is 5.18. The summed E-state index contributed by atoms with van der Waals surface area (Å²) in [5.41, 5.74) is 1.22. The molecule has 4 rings (SSSR count). The fourth-order valence-electron chi connectivity index (χ4n) is 3.69. The van der Waals surface area contributed by atoms with Gasteiger partial charge in [-0.1, -0.05) is 0 Å². The number of hydrogen-bond donors (Lipinski definition) is 0.